The molecule has 1 fully saturated rings. The van der Waals surface area contributed by atoms with Crippen molar-refractivity contribution in [1.82, 2.24) is 9.21 Å². The Morgan fingerprint density at radius 3 is 2.31 bits per heavy atom. The summed E-state index contributed by atoms with van der Waals surface area (Å²) in [6, 6.07) is 4.96. The molecule has 0 aliphatic carbocycles. The standard InChI is InChI=1S/C19H27N3O8S2/c1-4-22(16-9-10-31(26,27)13-16)18(24)12-30-19(25)11-21(3)32(28,29)17-7-5-15(6-8-17)20-14(2)23/h5-8,16H,4,9-13H2,1-3H3,(H,20,23)/t16-/m0/s1. The summed E-state index contributed by atoms with van der Waals surface area (Å²) in [7, 11) is -5.99. The van der Waals surface area contributed by atoms with Gasteiger partial charge in [0.1, 0.15) is 6.54 Å². The van der Waals surface area contributed by atoms with Crippen LogP contribution < -0.4 is 5.32 Å². The summed E-state index contributed by atoms with van der Waals surface area (Å²) in [5.74, 6) is -1.87. The molecule has 1 aromatic rings. The summed E-state index contributed by atoms with van der Waals surface area (Å²) in [6.45, 7) is 2.06. The molecular weight excluding hydrogens is 462 g/mol. The minimum Gasteiger partial charge on any atom is -0.455 e. The fraction of sp³-hybridized carbons (Fsp3) is 0.526. The van der Waals surface area contributed by atoms with Gasteiger partial charge in [-0.3, -0.25) is 14.4 Å². The highest BCUT2D eigenvalue weighted by Crippen LogP contribution is 2.19. The zero-order chi connectivity index (χ0) is 24.1. The van der Waals surface area contributed by atoms with Crippen molar-refractivity contribution in [3.8, 4) is 0 Å². The molecule has 0 unspecified atom stereocenters. The lowest BCUT2D eigenvalue weighted by Gasteiger charge is -2.26. The van der Waals surface area contributed by atoms with Crippen molar-refractivity contribution in [1.29, 1.82) is 0 Å². The minimum absolute atomic E-state index is 0.00961. The van der Waals surface area contributed by atoms with Gasteiger partial charge in [0.2, 0.25) is 15.9 Å². The first-order chi connectivity index (χ1) is 14.9. The summed E-state index contributed by atoms with van der Waals surface area (Å²) in [5, 5.41) is 2.52. The van der Waals surface area contributed by atoms with Crippen LogP contribution in [0.4, 0.5) is 5.69 Å². The Kier molecular flexibility index (Phi) is 8.37. The number of rotatable bonds is 9. The molecule has 2 amide bonds. The first-order valence-electron chi connectivity index (χ1n) is 9.85. The van der Waals surface area contributed by atoms with Gasteiger partial charge in [-0.1, -0.05) is 0 Å². The van der Waals surface area contributed by atoms with E-state index in [0.29, 0.717) is 12.1 Å². The Hall–Kier alpha value is -2.51. The molecule has 178 valence electrons. The van der Waals surface area contributed by atoms with Crippen LogP contribution in [0.3, 0.4) is 0 Å². The number of carbonyl (C=O) groups is 3. The Morgan fingerprint density at radius 1 is 1.19 bits per heavy atom. The summed E-state index contributed by atoms with van der Waals surface area (Å²) in [6.07, 6.45) is 0.331. The normalized spacial score (nSPS) is 17.7. The Labute approximate surface area is 187 Å². The van der Waals surface area contributed by atoms with E-state index >= 15 is 0 Å². The Bertz CT molecular complexity index is 1070. The maximum Gasteiger partial charge on any atom is 0.321 e. The zero-order valence-corrected chi connectivity index (χ0v) is 19.7. The van der Waals surface area contributed by atoms with Crippen LogP contribution in [0.1, 0.15) is 20.3 Å². The van der Waals surface area contributed by atoms with Gasteiger partial charge in [0, 0.05) is 32.2 Å². The van der Waals surface area contributed by atoms with Gasteiger partial charge >= 0.3 is 5.97 Å². The first kappa shape index (κ1) is 25.7. The number of benzene rings is 1. The van der Waals surface area contributed by atoms with Crippen molar-refractivity contribution in [3.63, 3.8) is 0 Å². The third-order valence-electron chi connectivity index (χ3n) is 4.90. The van der Waals surface area contributed by atoms with Crippen LogP contribution in [-0.2, 0) is 39.0 Å². The second kappa shape index (κ2) is 10.4. The fourth-order valence-corrected chi connectivity index (χ4v) is 6.14. The number of sulfonamides is 1. The van der Waals surface area contributed by atoms with E-state index in [4.69, 9.17) is 4.74 Å². The highest BCUT2D eigenvalue weighted by molar-refractivity contribution is 7.91. The molecule has 0 spiro atoms. The van der Waals surface area contributed by atoms with Crippen LogP contribution in [0.25, 0.3) is 0 Å². The van der Waals surface area contributed by atoms with E-state index in [1.54, 1.807) is 6.92 Å². The van der Waals surface area contributed by atoms with Gasteiger partial charge in [-0.25, -0.2) is 16.8 Å². The maximum absolute atomic E-state index is 12.6. The van der Waals surface area contributed by atoms with Crippen molar-refractivity contribution in [2.24, 2.45) is 0 Å². The number of carbonyl (C=O) groups excluding carboxylic acids is 3. The average Bonchev–Trinajstić information content (AvgIpc) is 3.06. The van der Waals surface area contributed by atoms with Crippen molar-refractivity contribution in [2.75, 3.05) is 43.6 Å². The number of nitrogens with one attached hydrogen (secondary N) is 1. The number of likely N-dealkylation sites (N-methyl/N-ethyl adjacent to an activating group) is 2. The van der Waals surface area contributed by atoms with Crippen molar-refractivity contribution < 1.29 is 36.0 Å². The smallest absolute Gasteiger partial charge is 0.321 e. The predicted octanol–water partition coefficient (Wildman–Crippen LogP) is -0.156. The second-order valence-corrected chi connectivity index (χ2v) is 11.6. The van der Waals surface area contributed by atoms with Crippen LogP contribution in [-0.4, -0.2) is 88.1 Å². The van der Waals surface area contributed by atoms with E-state index in [1.807, 2.05) is 0 Å². The van der Waals surface area contributed by atoms with Gasteiger partial charge in [-0.2, -0.15) is 4.31 Å². The molecule has 1 N–H and O–H groups in total. The number of amides is 2. The molecule has 1 saturated heterocycles. The largest absolute Gasteiger partial charge is 0.455 e. The summed E-state index contributed by atoms with van der Waals surface area (Å²) in [5.41, 5.74) is 0.424. The molecule has 32 heavy (non-hydrogen) atoms. The van der Waals surface area contributed by atoms with Crippen LogP contribution in [0.2, 0.25) is 0 Å². The van der Waals surface area contributed by atoms with E-state index in [2.05, 4.69) is 5.32 Å². The van der Waals surface area contributed by atoms with Crippen LogP contribution >= 0.6 is 0 Å². The number of anilines is 1. The monoisotopic (exact) mass is 489 g/mol. The van der Waals surface area contributed by atoms with Crippen LogP contribution in [0.15, 0.2) is 29.2 Å². The molecule has 0 bridgehead atoms. The highest BCUT2D eigenvalue weighted by atomic mass is 32.2. The third-order valence-corrected chi connectivity index (χ3v) is 8.47. The SMILES string of the molecule is CCN(C(=O)COC(=O)CN(C)S(=O)(=O)c1ccc(NC(C)=O)cc1)[C@H]1CCS(=O)(=O)C1. The highest BCUT2D eigenvalue weighted by Gasteiger charge is 2.34. The van der Waals surface area contributed by atoms with E-state index in [1.165, 1.54) is 43.1 Å². The van der Waals surface area contributed by atoms with Crippen LogP contribution in [0.5, 0.6) is 0 Å². The third kappa shape index (κ3) is 6.74. The van der Waals surface area contributed by atoms with E-state index in [-0.39, 0.29) is 28.9 Å². The topological polar surface area (TPSA) is 147 Å². The van der Waals surface area contributed by atoms with Crippen molar-refractivity contribution >= 4 is 43.3 Å². The molecule has 1 atom stereocenters. The Morgan fingerprint density at radius 2 is 1.81 bits per heavy atom. The van der Waals surface area contributed by atoms with Crippen molar-refractivity contribution in [3.05, 3.63) is 24.3 Å². The molecule has 0 radical (unpaired) electrons. The van der Waals surface area contributed by atoms with Gasteiger partial charge in [0.25, 0.3) is 5.91 Å². The lowest BCUT2D eigenvalue weighted by molar-refractivity contribution is -0.152. The quantitative estimate of drug-likeness (QED) is 0.471. The molecule has 1 aliphatic heterocycles. The lowest BCUT2D eigenvalue weighted by atomic mass is 10.2. The molecular formula is C19H27N3O8S2. The van der Waals surface area contributed by atoms with Crippen LogP contribution in [0, 0.1) is 0 Å². The lowest BCUT2D eigenvalue weighted by Crippen LogP contribution is -2.43. The number of nitrogens with zero attached hydrogens (tertiary/aromatic N) is 2. The first-order valence-corrected chi connectivity index (χ1v) is 13.1. The summed E-state index contributed by atoms with van der Waals surface area (Å²) in [4.78, 5) is 36.8. The number of esters is 1. The van der Waals surface area contributed by atoms with Gasteiger partial charge in [-0.05, 0) is 37.6 Å². The molecule has 0 saturated carbocycles. The number of ether oxygens (including phenoxy) is 1. The minimum atomic E-state index is -4.01. The maximum atomic E-state index is 12.6. The number of hydrogen-bond donors (Lipinski definition) is 1. The summed E-state index contributed by atoms with van der Waals surface area (Å²) < 4.78 is 54.3. The molecule has 11 nitrogen and oxygen atoms in total. The second-order valence-electron chi connectivity index (χ2n) is 7.36. The average molecular weight is 490 g/mol. The van der Waals surface area contributed by atoms with Gasteiger partial charge in [0.15, 0.2) is 16.4 Å². The van der Waals surface area contributed by atoms with Crippen molar-refractivity contribution in [2.45, 2.75) is 31.2 Å². The van der Waals surface area contributed by atoms with E-state index in [9.17, 15) is 31.2 Å². The van der Waals surface area contributed by atoms with Gasteiger partial charge in [-0.15, -0.1) is 0 Å². The van der Waals surface area contributed by atoms with E-state index in [0.717, 1.165) is 4.31 Å². The number of hydrogen-bond acceptors (Lipinski definition) is 8. The van der Waals surface area contributed by atoms with Gasteiger partial charge in [0.05, 0.1) is 16.4 Å². The molecule has 0 aromatic heterocycles. The molecule has 2 rings (SSSR count). The molecule has 1 aromatic carbocycles. The zero-order valence-electron chi connectivity index (χ0n) is 18.1. The molecule has 1 aliphatic rings. The van der Waals surface area contributed by atoms with Gasteiger partial charge < -0.3 is 15.0 Å². The molecule has 1 heterocycles. The summed E-state index contributed by atoms with van der Waals surface area (Å²) >= 11 is 0. The molecule has 13 heteroatoms. The van der Waals surface area contributed by atoms with E-state index < -0.39 is 50.9 Å². The number of sulfone groups is 1. The Balaban J connectivity index is 1.92. The fourth-order valence-electron chi connectivity index (χ4n) is 3.29. The predicted molar refractivity (Wildman–Crippen MR) is 116 cm³/mol.